The fraction of sp³-hybridized carbons (Fsp3) is 0.235. The number of hydrogen-bond donors (Lipinski definition) is 2. The molecule has 8 nitrogen and oxygen atoms in total. The average Bonchev–Trinajstić information content (AvgIpc) is 3.59. The summed E-state index contributed by atoms with van der Waals surface area (Å²) in [6, 6.07) is 7.62. The van der Waals surface area contributed by atoms with E-state index >= 15 is 0 Å². The molecule has 2 N–H and O–H groups in total. The van der Waals surface area contributed by atoms with Gasteiger partial charge in [0.15, 0.2) is 0 Å². The third kappa shape index (κ3) is 5.91. The van der Waals surface area contributed by atoms with Crippen molar-refractivity contribution >= 4 is 62.4 Å². The van der Waals surface area contributed by atoms with Crippen molar-refractivity contribution in [1.29, 1.82) is 0 Å². The number of nitrogens with zero attached hydrogens (tertiary/aromatic N) is 4. The molecule has 0 unspecified atom stereocenters. The van der Waals surface area contributed by atoms with E-state index in [1.807, 2.05) is 52.0 Å². The van der Waals surface area contributed by atoms with Crippen LogP contribution in [0.2, 0.25) is 0 Å². The zero-order valence-corrected chi connectivity index (χ0v) is 25.7. The summed E-state index contributed by atoms with van der Waals surface area (Å²) < 4.78 is 0. The number of carbonyl (C=O) groups is 2. The Hall–Kier alpha value is -4.46. The molecule has 0 spiro atoms. The summed E-state index contributed by atoms with van der Waals surface area (Å²) in [4.78, 5) is 42.7. The van der Waals surface area contributed by atoms with Crippen LogP contribution in [-0.2, 0) is 33.1 Å². The Bertz CT molecular complexity index is 1920. The number of hydrogen-bond acceptors (Lipinski definition) is 4. The van der Waals surface area contributed by atoms with Crippen molar-refractivity contribution in [2.75, 3.05) is 0 Å². The summed E-state index contributed by atoms with van der Waals surface area (Å²) in [5.74, 6) is -1.80. The first-order valence-electron chi connectivity index (χ1n) is 13.8. The number of rotatable bonds is 8. The zero-order valence-electron chi connectivity index (χ0n) is 24.6. The first-order valence-corrected chi connectivity index (χ1v) is 13.8. The topological polar surface area (TPSA) is 129 Å². The molecular weight excluding hydrogens is 584 g/mol. The van der Waals surface area contributed by atoms with Crippen LogP contribution in [0.1, 0.15) is 78.1 Å². The second-order valence-electron chi connectivity index (χ2n) is 10.6. The predicted molar refractivity (Wildman–Crippen MR) is 167 cm³/mol. The number of aliphatic carboxylic acids is 2. The molecule has 2 aliphatic heterocycles. The summed E-state index contributed by atoms with van der Waals surface area (Å²) in [7, 11) is 0. The van der Waals surface area contributed by atoms with Gasteiger partial charge in [0.05, 0.1) is 22.8 Å². The molecule has 0 saturated carbocycles. The van der Waals surface area contributed by atoms with Crippen molar-refractivity contribution in [2.24, 2.45) is 0 Å². The smallest absolute Gasteiger partial charge is 0.657 e. The number of fused-ring (bicyclic) bond motifs is 8. The van der Waals surface area contributed by atoms with Crippen molar-refractivity contribution in [3.63, 3.8) is 0 Å². The maximum absolute atomic E-state index is 11.5. The first-order chi connectivity index (χ1) is 20.0. The van der Waals surface area contributed by atoms with Crippen LogP contribution in [0.4, 0.5) is 0 Å². The molecule has 9 heteroatoms. The minimum absolute atomic E-state index is 0. The molecular formula is C34H32FeN4O4+2. The van der Waals surface area contributed by atoms with Crippen LogP contribution in [-0.4, -0.2) is 32.1 Å². The summed E-state index contributed by atoms with van der Waals surface area (Å²) in [6.45, 7) is 15.9. The maximum atomic E-state index is 11.5. The van der Waals surface area contributed by atoms with Crippen molar-refractivity contribution < 1.29 is 36.9 Å². The molecule has 5 rings (SSSR count). The number of aryl methyl sites for hydroxylation is 3. The van der Waals surface area contributed by atoms with E-state index in [0.717, 1.165) is 61.5 Å². The molecule has 218 valence electrons. The van der Waals surface area contributed by atoms with Crippen molar-refractivity contribution in [3.05, 3.63) is 88.5 Å². The van der Waals surface area contributed by atoms with Crippen LogP contribution < -0.4 is 9.97 Å². The number of aromatic nitrogens is 4. The van der Waals surface area contributed by atoms with Gasteiger partial charge in [-0.3, -0.25) is 9.59 Å². The summed E-state index contributed by atoms with van der Waals surface area (Å²) >= 11 is 0. The predicted octanol–water partition coefficient (Wildman–Crippen LogP) is 6.76. The fourth-order valence-corrected chi connectivity index (χ4v) is 5.61. The van der Waals surface area contributed by atoms with Gasteiger partial charge in [0.25, 0.3) is 0 Å². The van der Waals surface area contributed by atoms with E-state index in [9.17, 15) is 19.8 Å². The Morgan fingerprint density at radius 3 is 1.91 bits per heavy atom. The minimum atomic E-state index is -0.898. The third-order valence-electron chi connectivity index (χ3n) is 8.06. The molecule has 3 aromatic rings. The summed E-state index contributed by atoms with van der Waals surface area (Å²) in [5, 5.41) is 18.9. The number of carboxylic acids is 2. The molecule has 2 aliphatic rings. The number of carboxylic acid groups (broad SMARTS) is 2. The molecule has 5 heterocycles. The summed E-state index contributed by atoms with van der Waals surface area (Å²) in [6.07, 6.45) is 4.06. The van der Waals surface area contributed by atoms with E-state index < -0.39 is 11.9 Å². The maximum Gasteiger partial charge on any atom is 4.00 e. The van der Waals surface area contributed by atoms with Gasteiger partial charge in [-0.05, 0) is 62.8 Å². The average molecular weight is 616 g/mol. The third-order valence-corrected chi connectivity index (χ3v) is 8.06. The fourth-order valence-electron chi connectivity index (χ4n) is 5.61. The van der Waals surface area contributed by atoms with Crippen LogP contribution >= 0.6 is 0 Å². The van der Waals surface area contributed by atoms with Gasteiger partial charge in [0, 0.05) is 18.4 Å². The molecule has 0 fully saturated rings. The van der Waals surface area contributed by atoms with Crippen LogP contribution in [0.15, 0.2) is 43.5 Å². The van der Waals surface area contributed by atoms with Gasteiger partial charge in [-0.1, -0.05) is 66.3 Å². The van der Waals surface area contributed by atoms with Gasteiger partial charge in [0.2, 0.25) is 0 Å². The van der Waals surface area contributed by atoms with E-state index in [1.54, 1.807) is 12.2 Å². The van der Waals surface area contributed by atoms with Crippen LogP contribution in [0, 0.1) is 13.8 Å². The molecule has 3 aromatic heterocycles. The van der Waals surface area contributed by atoms with Crippen LogP contribution in [0.5, 0.6) is 0 Å². The molecule has 0 aromatic carbocycles. The largest absolute Gasteiger partial charge is 4.00 e. The van der Waals surface area contributed by atoms with Crippen molar-refractivity contribution in [2.45, 2.75) is 53.4 Å². The molecule has 0 amide bonds. The van der Waals surface area contributed by atoms with Gasteiger partial charge < -0.3 is 20.2 Å². The Labute approximate surface area is 260 Å². The Kier molecular flexibility index (Phi) is 9.09. The quantitative estimate of drug-likeness (QED) is 0.266. The molecule has 43 heavy (non-hydrogen) atoms. The van der Waals surface area contributed by atoms with Gasteiger partial charge in [-0.15, -0.1) is 22.1 Å². The monoisotopic (exact) mass is 616 g/mol. The zero-order chi connectivity index (χ0) is 30.3. The number of allylic oxidation sites excluding steroid dienone is 5. The second kappa shape index (κ2) is 12.4. The van der Waals surface area contributed by atoms with Gasteiger partial charge in [-0.2, -0.15) is 0 Å². The SMILES string of the molecule is C=CC1=C(C)c2cc3[n-]c(cc4nc(cc5[n-]c(cc1n2)c(C)c5C=C)C(C)=C4CCC(=O)O)c(CCC(=O)O)c3C.[Fe+4]. The van der Waals surface area contributed by atoms with Crippen LogP contribution in [0.3, 0.4) is 0 Å². The van der Waals surface area contributed by atoms with E-state index in [0.29, 0.717) is 40.8 Å². The molecule has 0 aliphatic carbocycles. The van der Waals surface area contributed by atoms with Crippen molar-refractivity contribution in [1.82, 2.24) is 19.9 Å². The Morgan fingerprint density at radius 1 is 0.721 bits per heavy atom. The second-order valence-corrected chi connectivity index (χ2v) is 10.6. The Morgan fingerprint density at radius 2 is 1.26 bits per heavy atom. The van der Waals surface area contributed by atoms with Crippen LogP contribution in [0.25, 0.3) is 50.4 Å². The van der Waals surface area contributed by atoms with E-state index in [2.05, 4.69) is 13.2 Å². The van der Waals surface area contributed by atoms with E-state index in [1.165, 1.54) is 0 Å². The first kappa shape index (κ1) is 31.5. The van der Waals surface area contributed by atoms with E-state index in [4.69, 9.17) is 19.9 Å². The minimum Gasteiger partial charge on any atom is -0.657 e. The van der Waals surface area contributed by atoms with Crippen molar-refractivity contribution in [3.8, 4) is 0 Å². The van der Waals surface area contributed by atoms with Gasteiger partial charge in [-0.25, -0.2) is 9.97 Å². The van der Waals surface area contributed by atoms with Gasteiger partial charge in [0.1, 0.15) is 0 Å². The molecule has 0 radical (unpaired) electrons. The molecule has 0 atom stereocenters. The van der Waals surface area contributed by atoms with E-state index in [-0.39, 0.29) is 29.9 Å². The molecule has 0 saturated heterocycles. The summed E-state index contributed by atoms with van der Waals surface area (Å²) in [5.41, 5.74) is 12.6. The van der Waals surface area contributed by atoms with Gasteiger partial charge >= 0.3 is 29.0 Å². The Balaban J connectivity index is 0.00000423. The normalized spacial score (nSPS) is 12.7. The standard InChI is InChI=1S/C34H34N4O4.Fe/c1-7-21-17(3)25-13-26-19(5)23(9-11-33(39)40)31(37-26)16-32-24(10-12-34(41)42)20(6)28(38-32)15-30-22(8-2)18(4)27(36-30)14-29(21)35-25;/h7-8,13-16H,1-2,9-12H2,3-6H3,(H4,35,36,37,38,39,40,41,42);/q;+4/p-2. The molecule has 8 bridgehead atoms.